The third-order valence-corrected chi connectivity index (χ3v) is 5.60. The largest absolute Gasteiger partial charge is 0.383 e. The molecule has 29 heavy (non-hydrogen) atoms. The molecule has 6 heteroatoms. The van der Waals surface area contributed by atoms with Crippen LogP contribution in [-0.4, -0.2) is 67.3 Å². The number of ether oxygens (including phenoxy) is 1. The number of carbonyl (C=O) groups is 1. The number of methoxy groups -OCH3 is 1. The monoisotopic (exact) mass is 393 g/mol. The van der Waals surface area contributed by atoms with Crippen LogP contribution in [0.4, 0.5) is 0 Å². The van der Waals surface area contributed by atoms with Crippen molar-refractivity contribution in [2.75, 3.05) is 40.4 Å². The summed E-state index contributed by atoms with van der Waals surface area (Å²) in [5, 5.41) is 5.03. The molecule has 1 saturated heterocycles. The molecule has 0 saturated carbocycles. The maximum atomic E-state index is 13.3. The van der Waals surface area contributed by atoms with Gasteiger partial charge < -0.3 is 19.1 Å². The van der Waals surface area contributed by atoms with E-state index in [1.165, 1.54) is 0 Å². The van der Waals surface area contributed by atoms with Gasteiger partial charge in [-0.2, -0.15) is 0 Å². The first-order chi connectivity index (χ1) is 14.2. The van der Waals surface area contributed by atoms with E-state index in [9.17, 15) is 4.79 Å². The number of hydrogen-bond donors (Lipinski definition) is 0. The van der Waals surface area contributed by atoms with Crippen molar-refractivity contribution in [1.82, 2.24) is 15.0 Å². The minimum atomic E-state index is 0.0785. The van der Waals surface area contributed by atoms with Crippen LogP contribution in [0.2, 0.25) is 0 Å². The zero-order valence-electron chi connectivity index (χ0n) is 17.0. The first-order valence-electron chi connectivity index (χ1n) is 10.1. The molecule has 0 N–H and O–H groups in total. The number of carbonyl (C=O) groups excluding carboxylic acids is 1. The number of fused-ring (bicyclic) bond motifs is 1. The van der Waals surface area contributed by atoms with E-state index in [2.05, 4.69) is 17.1 Å². The van der Waals surface area contributed by atoms with Crippen molar-refractivity contribution in [3.05, 3.63) is 54.1 Å². The van der Waals surface area contributed by atoms with Gasteiger partial charge in [0.05, 0.1) is 12.0 Å². The Morgan fingerprint density at radius 1 is 1.28 bits per heavy atom. The lowest BCUT2D eigenvalue weighted by atomic mass is 10.1. The van der Waals surface area contributed by atoms with E-state index in [-0.39, 0.29) is 11.9 Å². The predicted octanol–water partition coefficient (Wildman–Crippen LogP) is 3.68. The molecule has 1 aliphatic rings. The fourth-order valence-electron chi connectivity index (χ4n) is 4.03. The lowest BCUT2D eigenvalue weighted by molar-refractivity contribution is 0.0698. The second kappa shape index (κ2) is 8.76. The summed E-state index contributed by atoms with van der Waals surface area (Å²) in [7, 11) is 3.79. The van der Waals surface area contributed by atoms with Crippen molar-refractivity contribution in [2.45, 2.75) is 18.9 Å². The molecule has 1 aromatic heterocycles. The molecular formula is C23H27N3O3. The Morgan fingerprint density at radius 3 is 2.90 bits per heavy atom. The number of likely N-dealkylation sites (tertiary alicyclic amines) is 1. The summed E-state index contributed by atoms with van der Waals surface area (Å²) < 4.78 is 10.7. The van der Waals surface area contributed by atoms with Gasteiger partial charge >= 0.3 is 0 Å². The summed E-state index contributed by atoms with van der Waals surface area (Å²) in [6, 6.07) is 15.7. The van der Waals surface area contributed by atoms with Crippen molar-refractivity contribution < 1.29 is 14.1 Å². The molecule has 0 bridgehead atoms. The number of rotatable bonds is 7. The highest BCUT2D eigenvalue weighted by Crippen LogP contribution is 2.30. The van der Waals surface area contributed by atoms with Gasteiger partial charge in [0.15, 0.2) is 5.76 Å². The zero-order valence-corrected chi connectivity index (χ0v) is 17.0. The van der Waals surface area contributed by atoms with Gasteiger partial charge in [-0.3, -0.25) is 4.79 Å². The third-order valence-electron chi connectivity index (χ3n) is 5.60. The number of likely N-dealkylation sites (N-methyl/N-ethyl adjacent to an activating group) is 1. The van der Waals surface area contributed by atoms with E-state index in [1.807, 2.05) is 53.4 Å². The van der Waals surface area contributed by atoms with E-state index >= 15 is 0 Å². The van der Waals surface area contributed by atoms with E-state index < -0.39 is 0 Å². The molecular weight excluding hydrogens is 366 g/mol. The highest BCUT2D eigenvalue weighted by atomic mass is 16.5. The second-order valence-corrected chi connectivity index (χ2v) is 7.66. The van der Waals surface area contributed by atoms with E-state index in [0.29, 0.717) is 17.9 Å². The zero-order chi connectivity index (χ0) is 20.2. The second-order valence-electron chi connectivity index (χ2n) is 7.66. The number of amides is 1. The Labute approximate surface area is 171 Å². The van der Waals surface area contributed by atoms with Gasteiger partial charge in [0.2, 0.25) is 0 Å². The molecule has 4 rings (SSSR count). The minimum absolute atomic E-state index is 0.0785. The first-order valence-corrected chi connectivity index (χ1v) is 10.1. The van der Waals surface area contributed by atoms with Crippen LogP contribution in [0.3, 0.4) is 0 Å². The number of aromatic nitrogens is 1. The van der Waals surface area contributed by atoms with Gasteiger partial charge in [0.1, 0.15) is 5.52 Å². The molecule has 1 amide bonds. The Hall–Kier alpha value is -2.70. The van der Waals surface area contributed by atoms with Crippen molar-refractivity contribution in [1.29, 1.82) is 0 Å². The predicted molar refractivity (Wildman–Crippen MR) is 113 cm³/mol. The molecule has 0 aliphatic carbocycles. The summed E-state index contributed by atoms with van der Waals surface area (Å²) in [6.45, 7) is 3.22. The molecule has 2 heterocycles. The van der Waals surface area contributed by atoms with Crippen LogP contribution in [0.25, 0.3) is 22.2 Å². The summed E-state index contributed by atoms with van der Waals surface area (Å²) in [5.74, 6) is 0.780. The Morgan fingerprint density at radius 2 is 2.10 bits per heavy atom. The summed E-state index contributed by atoms with van der Waals surface area (Å²) in [4.78, 5) is 17.5. The average molecular weight is 393 g/mol. The highest BCUT2D eigenvalue weighted by molar-refractivity contribution is 6.01. The smallest absolute Gasteiger partial charge is 0.254 e. The van der Waals surface area contributed by atoms with Crippen LogP contribution in [0, 0.1) is 0 Å². The number of nitrogens with zero attached hydrogens (tertiary/aromatic N) is 3. The van der Waals surface area contributed by atoms with Crippen LogP contribution < -0.4 is 0 Å². The minimum Gasteiger partial charge on any atom is -0.383 e. The summed E-state index contributed by atoms with van der Waals surface area (Å²) in [5.41, 5.74) is 2.40. The Kier molecular flexibility index (Phi) is 5.92. The van der Waals surface area contributed by atoms with Gasteiger partial charge in [-0.25, -0.2) is 0 Å². The highest BCUT2D eigenvalue weighted by Gasteiger charge is 2.30. The summed E-state index contributed by atoms with van der Waals surface area (Å²) in [6.07, 6.45) is 2.08. The van der Waals surface area contributed by atoms with Crippen LogP contribution >= 0.6 is 0 Å². The maximum absolute atomic E-state index is 13.3. The molecule has 152 valence electrons. The van der Waals surface area contributed by atoms with Crippen LogP contribution in [0.15, 0.2) is 53.1 Å². The normalized spacial score (nSPS) is 16.8. The van der Waals surface area contributed by atoms with E-state index in [4.69, 9.17) is 9.26 Å². The van der Waals surface area contributed by atoms with Crippen molar-refractivity contribution in [2.24, 2.45) is 0 Å². The van der Waals surface area contributed by atoms with Gasteiger partial charge in [0, 0.05) is 43.9 Å². The molecule has 6 nitrogen and oxygen atoms in total. The van der Waals surface area contributed by atoms with Crippen molar-refractivity contribution in [3.8, 4) is 11.3 Å². The molecule has 1 atom stereocenters. The molecule has 2 aromatic carbocycles. The number of hydrogen-bond acceptors (Lipinski definition) is 5. The van der Waals surface area contributed by atoms with Crippen molar-refractivity contribution in [3.63, 3.8) is 0 Å². The fraction of sp³-hybridized carbons (Fsp3) is 0.391. The summed E-state index contributed by atoms with van der Waals surface area (Å²) >= 11 is 0. The van der Waals surface area contributed by atoms with Crippen LogP contribution in [0.1, 0.15) is 23.2 Å². The Bertz CT molecular complexity index is 970. The average Bonchev–Trinajstić information content (AvgIpc) is 3.38. The topological polar surface area (TPSA) is 58.8 Å². The lowest BCUT2D eigenvalue weighted by Crippen LogP contribution is -2.42. The molecule has 3 aromatic rings. The standard InChI is InChI=1S/C23H27N3O3/c1-25(13-14-28-2)16-19-9-6-12-26(19)23(27)18-10-11-21-20(15-18)22(29-24-21)17-7-4-3-5-8-17/h3-5,7-8,10-11,15,19H,6,9,12-14,16H2,1-2H3. The Balaban J connectivity index is 1.56. The van der Waals surface area contributed by atoms with Gasteiger partial charge in [0.25, 0.3) is 5.91 Å². The number of benzene rings is 2. The molecule has 0 radical (unpaired) electrons. The maximum Gasteiger partial charge on any atom is 0.254 e. The van der Waals surface area contributed by atoms with Crippen LogP contribution in [0.5, 0.6) is 0 Å². The molecule has 1 fully saturated rings. The first kappa shape index (κ1) is 19.6. The van der Waals surface area contributed by atoms with Crippen molar-refractivity contribution >= 4 is 16.8 Å². The van der Waals surface area contributed by atoms with Crippen LogP contribution in [-0.2, 0) is 4.74 Å². The fourth-order valence-corrected chi connectivity index (χ4v) is 4.03. The van der Waals surface area contributed by atoms with Gasteiger partial charge in [-0.05, 0) is 38.1 Å². The lowest BCUT2D eigenvalue weighted by Gasteiger charge is -2.28. The molecule has 1 aliphatic heterocycles. The van der Waals surface area contributed by atoms with Gasteiger partial charge in [-0.15, -0.1) is 0 Å². The SMILES string of the molecule is COCCN(C)CC1CCCN1C(=O)c1ccc2noc(-c3ccccc3)c2c1. The third kappa shape index (κ3) is 4.18. The van der Waals surface area contributed by atoms with Gasteiger partial charge in [-0.1, -0.05) is 35.5 Å². The van der Waals surface area contributed by atoms with E-state index in [1.54, 1.807) is 7.11 Å². The van der Waals surface area contributed by atoms with E-state index in [0.717, 1.165) is 48.9 Å². The quantitative estimate of drug-likeness (QED) is 0.613. The molecule has 0 spiro atoms. The molecule has 1 unspecified atom stereocenters.